The number of nitrogens with one attached hydrogen (secondary N) is 1. The van der Waals surface area contributed by atoms with Gasteiger partial charge in [0.05, 0.1) is 64.4 Å². The molecule has 4 N–H and O–H groups in total. The number of aliphatic hydroxyl groups is 2. The Morgan fingerprint density at radius 2 is 1.79 bits per heavy atom. The van der Waals surface area contributed by atoms with E-state index in [0.29, 0.717) is 35.6 Å². The summed E-state index contributed by atoms with van der Waals surface area (Å²) in [5.41, 5.74) is -10.6. The summed E-state index contributed by atoms with van der Waals surface area (Å²) in [7, 11) is 36.5. The van der Waals surface area contributed by atoms with Gasteiger partial charge in [-0.3, -0.25) is 14.4 Å². The number of carbonyl (C=O) groups excluding carboxylic acids is 2. The molecule has 1 aromatic carbocycles. The van der Waals surface area contributed by atoms with Gasteiger partial charge in [0, 0.05) is 5.94 Å². The van der Waals surface area contributed by atoms with Crippen molar-refractivity contribution in [3.8, 4) is 5.75 Å². The number of hydrogen-bond acceptors (Lipinski definition) is 12. The Morgan fingerprint density at radius 3 is 2.38 bits per heavy atom. The fraction of sp³-hybridized carbons (Fsp3) is 0.406. The van der Waals surface area contributed by atoms with Gasteiger partial charge in [-0.1, -0.05) is 31.4 Å². The van der Waals surface area contributed by atoms with E-state index in [0.717, 1.165) is 21.5 Å². The third-order valence-electron chi connectivity index (χ3n) is 9.32. The van der Waals surface area contributed by atoms with Crippen molar-refractivity contribution in [2.45, 2.75) is 68.8 Å². The number of anilines is 2. The van der Waals surface area contributed by atoms with Crippen molar-refractivity contribution < 1.29 is 42.8 Å². The minimum Gasteiger partial charge on any atom is -0.504 e. The fourth-order valence-corrected chi connectivity index (χ4v) is 6.63. The molecule has 290 valence electrons. The lowest BCUT2D eigenvalue weighted by Crippen LogP contribution is -2.88. The predicted molar refractivity (Wildman–Crippen MR) is 209 cm³/mol. The molecule has 5 heterocycles. The van der Waals surface area contributed by atoms with Crippen LogP contribution in [0.25, 0.3) is 11.4 Å². The molecule has 26 heteroatoms. The average Bonchev–Trinajstić information content (AvgIpc) is 3.61. The van der Waals surface area contributed by atoms with Gasteiger partial charge < -0.3 is 39.7 Å². The monoisotopic (exact) mass is 809 g/mol. The topological polar surface area (TPSA) is 201 Å². The SMILES string of the molecule is [B]C.[B]C1N(C(=O)c2ncnc(C)c2O)C([B])(O)C([B])(O)N(c2c(CC)n(CC(=O)Nc3ccc(C(F)(F)F)cc3Cl)c3nc(C4=CCOCC4)nn3c2=O)C1([B])[B]. The number of aromatic hydroxyl groups is 1. The maximum absolute atomic E-state index is 14.6. The maximum atomic E-state index is 14.6. The van der Waals surface area contributed by atoms with Crippen LogP contribution in [0, 0.1) is 6.92 Å². The molecule has 0 bridgehead atoms. The van der Waals surface area contributed by atoms with E-state index in [2.05, 4.69) is 33.2 Å². The van der Waals surface area contributed by atoms with Crippen LogP contribution in [0.15, 0.2) is 35.4 Å². The van der Waals surface area contributed by atoms with Crippen molar-refractivity contribution >= 4 is 93.2 Å². The molecule has 1 fully saturated rings. The van der Waals surface area contributed by atoms with Crippen molar-refractivity contribution in [2.24, 2.45) is 0 Å². The fourth-order valence-electron chi connectivity index (χ4n) is 6.40. The number of fused-ring (bicyclic) bond motifs is 1. The highest BCUT2D eigenvalue weighted by Gasteiger charge is 2.62. The third-order valence-corrected chi connectivity index (χ3v) is 9.64. The van der Waals surface area contributed by atoms with Gasteiger partial charge in [-0.25, -0.2) is 9.97 Å². The van der Waals surface area contributed by atoms with E-state index in [1.165, 1.54) is 20.7 Å². The Morgan fingerprint density at radius 1 is 1.12 bits per heavy atom. The van der Waals surface area contributed by atoms with Crippen LogP contribution < -0.4 is 15.8 Å². The Hall–Kier alpha value is -4.72. The molecule has 3 atom stereocenters. The molecule has 2 aliphatic heterocycles. The Balaban J connectivity index is 0.00000315. The van der Waals surface area contributed by atoms with E-state index in [1.807, 2.05) is 0 Å². The number of nitrogens with zero attached hydrogens (tertiary/aromatic N) is 8. The lowest BCUT2D eigenvalue weighted by atomic mass is 9.45. The van der Waals surface area contributed by atoms with Crippen molar-refractivity contribution in [3.05, 3.63) is 74.4 Å². The summed E-state index contributed by atoms with van der Waals surface area (Å²) in [6, 6.07) is 2.28. The first-order chi connectivity index (χ1) is 27.0. The minimum absolute atomic E-state index is 0.0294. The van der Waals surface area contributed by atoms with Crippen LogP contribution in [0.1, 0.15) is 46.6 Å². The summed E-state index contributed by atoms with van der Waals surface area (Å²) in [5, 5.41) is 37.8. The second-order valence-electron chi connectivity index (χ2n) is 12.9. The van der Waals surface area contributed by atoms with E-state index >= 15 is 0 Å². The number of aromatic nitrogens is 6. The highest BCUT2D eigenvalue weighted by atomic mass is 35.5. The van der Waals surface area contributed by atoms with Crippen molar-refractivity contribution in [1.82, 2.24) is 34.0 Å². The molecule has 6 rings (SSSR count). The summed E-state index contributed by atoms with van der Waals surface area (Å²) in [5.74, 6) is -5.45. The molecule has 3 unspecified atom stereocenters. The zero-order valence-corrected chi connectivity index (χ0v) is 31.8. The first-order valence-electron chi connectivity index (χ1n) is 17.1. The zero-order valence-electron chi connectivity index (χ0n) is 31.0. The minimum atomic E-state index is -4.72. The van der Waals surface area contributed by atoms with Crippen LogP contribution in [0.4, 0.5) is 24.5 Å². The Bertz CT molecular complexity index is 2360. The Labute approximate surface area is 341 Å². The standard InChI is InChI=1S/C31H26B5ClF3N9O7.CH3B/c1-3-18-21(49-28(33,34)26(32)47(30(35,54)31(49,36)55)24(52)20-22(51)13(2)41-12-42-20)25(53)48-27(44-23(45-48)14-6-8-56-9-7-14)46(18)11-19(50)43-17-5-4-15(10-16(17)37)29(38,39)40;1-2/h4-6,10,12,26,51,54-55H,3,7-9,11H2,1-2H3,(H,43,50);1H3. The number of hydrogen-bond donors (Lipinski definition) is 4. The number of alkyl halides is 3. The molecule has 0 saturated carbocycles. The molecular formula is C32H29B6ClF3N9O7. The molecule has 2 amide bonds. The first kappa shape index (κ1) is 44.4. The van der Waals surface area contributed by atoms with Crippen LogP contribution in [0.3, 0.4) is 0 Å². The number of aryl methyl sites for hydroxylation is 1. The molecule has 16 nitrogen and oxygen atoms in total. The number of ether oxygens (including phenoxy) is 1. The summed E-state index contributed by atoms with van der Waals surface area (Å²) in [6.45, 7) is 4.08. The molecule has 0 spiro atoms. The second-order valence-corrected chi connectivity index (χ2v) is 13.3. The third kappa shape index (κ3) is 7.52. The van der Waals surface area contributed by atoms with Crippen LogP contribution in [0.5, 0.6) is 5.75 Å². The van der Waals surface area contributed by atoms with E-state index < -0.39 is 80.3 Å². The summed E-state index contributed by atoms with van der Waals surface area (Å²) in [4.78, 5) is 54.6. The molecule has 2 aliphatic rings. The molecule has 4 aromatic rings. The molecule has 0 aliphatic carbocycles. The molecule has 3 aromatic heterocycles. The van der Waals surface area contributed by atoms with Crippen LogP contribution in [-0.4, -0.2) is 144 Å². The number of rotatable bonds is 7. The van der Waals surface area contributed by atoms with Gasteiger partial charge in [-0.05, 0) is 48.9 Å². The maximum Gasteiger partial charge on any atom is 0.416 e. The van der Waals surface area contributed by atoms with Gasteiger partial charge in [0.15, 0.2) is 17.3 Å². The first-order valence-corrected chi connectivity index (χ1v) is 17.5. The number of carbonyl (C=O) groups is 2. The highest BCUT2D eigenvalue weighted by molar-refractivity contribution is 6.48. The Kier molecular flexibility index (Phi) is 12.4. The summed E-state index contributed by atoms with van der Waals surface area (Å²) < 4.78 is 47.1. The van der Waals surface area contributed by atoms with Gasteiger partial charge in [0.1, 0.15) is 53.3 Å². The van der Waals surface area contributed by atoms with E-state index in [4.69, 9.17) is 55.6 Å². The highest BCUT2D eigenvalue weighted by Crippen LogP contribution is 2.43. The van der Waals surface area contributed by atoms with Crippen molar-refractivity contribution in [3.63, 3.8) is 0 Å². The zero-order chi connectivity index (χ0) is 43.3. The lowest BCUT2D eigenvalue weighted by molar-refractivity contribution is -0.153. The van der Waals surface area contributed by atoms with Gasteiger partial charge >= 0.3 is 6.18 Å². The second kappa shape index (κ2) is 16.1. The largest absolute Gasteiger partial charge is 0.504 e. The quantitative estimate of drug-likeness (QED) is 0.177. The van der Waals surface area contributed by atoms with E-state index in [1.54, 1.807) is 6.08 Å². The molecule has 58 heavy (non-hydrogen) atoms. The molecule has 1 saturated heterocycles. The number of piperazine rings is 1. The van der Waals surface area contributed by atoms with Gasteiger partial charge in [-0.15, -0.1) is 5.10 Å². The smallest absolute Gasteiger partial charge is 0.416 e. The van der Waals surface area contributed by atoms with Crippen LogP contribution >= 0.6 is 11.6 Å². The van der Waals surface area contributed by atoms with Crippen LogP contribution in [-0.2, 0) is 28.7 Å². The normalized spacial score (nSPS) is 21.9. The van der Waals surface area contributed by atoms with Gasteiger partial charge in [0.25, 0.3) is 11.5 Å². The van der Waals surface area contributed by atoms with E-state index in [9.17, 15) is 42.9 Å². The van der Waals surface area contributed by atoms with Gasteiger partial charge in [-0.2, -0.15) is 22.7 Å². The lowest BCUT2D eigenvalue weighted by Gasteiger charge is -2.67. The summed E-state index contributed by atoms with van der Waals surface area (Å²) >= 11 is 6.09. The molecular weight excluding hydrogens is 780 g/mol. The number of amides is 2. The van der Waals surface area contributed by atoms with E-state index in [-0.39, 0.29) is 46.6 Å². The van der Waals surface area contributed by atoms with Crippen LogP contribution in [0.2, 0.25) is 11.8 Å². The predicted octanol–water partition coefficient (Wildman–Crippen LogP) is -0.348. The number of benzene rings is 1. The summed E-state index contributed by atoms with van der Waals surface area (Å²) in [6.07, 6.45) is -2.02. The average molecular weight is 809 g/mol. The number of halogens is 4. The van der Waals surface area contributed by atoms with Crippen molar-refractivity contribution in [1.29, 1.82) is 0 Å². The van der Waals surface area contributed by atoms with Gasteiger partial charge in [0.2, 0.25) is 11.7 Å². The van der Waals surface area contributed by atoms with Crippen molar-refractivity contribution in [2.75, 3.05) is 23.4 Å². The molecule has 12 radical (unpaired) electrons.